The minimum Gasteiger partial charge on any atom is -0.335 e. The van der Waals surface area contributed by atoms with Crippen molar-refractivity contribution in [1.29, 1.82) is 0 Å². The van der Waals surface area contributed by atoms with Gasteiger partial charge in [0.1, 0.15) is 12.2 Å². The number of carbonyl (C=O) groups is 1. The van der Waals surface area contributed by atoms with E-state index in [-0.39, 0.29) is 31.1 Å². The third-order valence-corrected chi connectivity index (χ3v) is 5.45. The first-order valence-corrected chi connectivity index (χ1v) is 9.02. The normalized spacial score (nSPS) is 15.8. The van der Waals surface area contributed by atoms with Gasteiger partial charge < -0.3 is 9.47 Å². The minimum atomic E-state index is -1.38. The van der Waals surface area contributed by atoms with E-state index in [4.69, 9.17) is 0 Å². The molecule has 0 aliphatic carbocycles. The van der Waals surface area contributed by atoms with Crippen molar-refractivity contribution in [3.8, 4) is 11.1 Å². The Kier molecular flexibility index (Phi) is 4.06. The number of hydrogen-bond donors (Lipinski definition) is 0. The standard InChI is InChI=1S/C18H14F3N3O2S/c1-18(21)8-24(9-18)14(25)6-23-3-2-13-15(17(23)26)11(7-27-13)10-4-12(19)16(20)22-5-10/h2-5,7H,6,8-9H2,1H3. The summed E-state index contributed by atoms with van der Waals surface area (Å²) in [6, 6.07) is 2.66. The van der Waals surface area contributed by atoms with Crippen LogP contribution >= 0.6 is 11.3 Å². The highest BCUT2D eigenvalue weighted by Crippen LogP contribution is 2.32. The summed E-state index contributed by atoms with van der Waals surface area (Å²) in [5.74, 6) is -2.67. The molecule has 3 aromatic rings. The molecule has 0 aromatic carbocycles. The molecule has 0 unspecified atom stereocenters. The van der Waals surface area contributed by atoms with E-state index < -0.39 is 23.0 Å². The Balaban J connectivity index is 1.70. The average molecular weight is 393 g/mol. The zero-order valence-corrected chi connectivity index (χ0v) is 15.0. The van der Waals surface area contributed by atoms with Gasteiger partial charge in [0.05, 0.1) is 18.5 Å². The highest BCUT2D eigenvalue weighted by molar-refractivity contribution is 7.17. The lowest BCUT2D eigenvalue weighted by molar-refractivity contribution is -0.144. The number of hydrogen-bond acceptors (Lipinski definition) is 4. The van der Waals surface area contributed by atoms with Gasteiger partial charge in [0.2, 0.25) is 11.9 Å². The van der Waals surface area contributed by atoms with Crippen LogP contribution in [-0.4, -0.2) is 39.1 Å². The summed E-state index contributed by atoms with van der Waals surface area (Å²) in [6.07, 6.45) is 2.66. The molecule has 0 saturated carbocycles. The SMILES string of the molecule is CC1(F)CN(C(=O)Cn2ccc3scc(-c4cnc(F)c(F)c4)c3c2=O)C1. The van der Waals surface area contributed by atoms with Gasteiger partial charge in [0.15, 0.2) is 5.82 Å². The summed E-state index contributed by atoms with van der Waals surface area (Å²) < 4.78 is 42.1. The lowest BCUT2D eigenvalue weighted by atomic mass is 9.99. The van der Waals surface area contributed by atoms with E-state index in [0.717, 1.165) is 12.3 Å². The molecule has 4 heterocycles. The molecule has 140 valence electrons. The first-order valence-electron chi connectivity index (χ1n) is 8.14. The maximum absolute atomic E-state index is 13.6. The van der Waals surface area contributed by atoms with E-state index in [1.54, 1.807) is 11.4 Å². The van der Waals surface area contributed by atoms with Crippen LogP contribution in [0, 0.1) is 11.8 Å². The summed E-state index contributed by atoms with van der Waals surface area (Å²) in [4.78, 5) is 29.8. The van der Waals surface area contributed by atoms with Crippen LogP contribution in [0.25, 0.3) is 21.2 Å². The Morgan fingerprint density at radius 2 is 2.11 bits per heavy atom. The fraction of sp³-hybridized carbons (Fsp3) is 0.278. The molecule has 5 nitrogen and oxygen atoms in total. The van der Waals surface area contributed by atoms with E-state index in [0.29, 0.717) is 15.6 Å². The third kappa shape index (κ3) is 3.12. The number of halogens is 3. The fourth-order valence-electron chi connectivity index (χ4n) is 3.16. The van der Waals surface area contributed by atoms with Crippen LogP contribution in [0.1, 0.15) is 6.92 Å². The zero-order valence-electron chi connectivity index (χ0n) is 14.2. The second kappa shape index (κ2) is 6.19. The Morgan fingerprint density at radius 3 is 2.78 bits per heavy atom. The number of rotatable bonds is 3. The van der Waals surface area contributed by atoms with Gasteiger partial charge in [-0.1, -0.05) is 0 Å². The number of pyridine rings is 2. The molecular weight excluding hydrogens is 379 g/mol. The number of thiophene rings is 1. The Bertz CT molecular complexity index is 1110. The van der Waals surface area contributed by atoms with Crippen LogP contribution in [0.4, 0.5) is 13.2 Å². The third-order valence-electron chi connectivity index (χ3n) is 4.51. The van der Waals surface area contributed by atoms with Crippen molar-refractivity contribution >= 4 is 27.3 Å². The Hall–Kier alpha value is -2.68. The van der Waals surface area contributed by atoms with Crippen molar-refractivity contribution in [2.75, 3.05) is 13.1 Å². The summed E-state index contributed by atoms with van der Waals surface area (Å²) in [5.41, 5.74) is -1.11. The van der Waals surface area contributed by atoms with Gasteiger partial charge in [-0.3, -0.25) is 9.59 Å². The van der Waals surface area contributed by atoms with E-state index in [1.807, 2.05) is 0 Å². The second-order valence-corrected chi connectivity index (χ2v) is 7.71. The summed E-state index contributed by atoms with van der Waals surface area (Å²) in [7, 11) is 0. The second-order valence-electron chi connectivity index (χ2n) is 6.80. The minimum absolute atomic E-state index is 0.00700. The summed E-state index contributed by atoms with van der Waals surface area (Å²) in [6.45, 7) is 1.22. The molecule has 0 N–H and O–H groups in total. The topological polar surface area (TPSA) is 55.2 Å². The molecular formula is C18H14F3N3O2S. The maximum Gasteiger partial charge on any atom is 0.260 e. The predicted molar refractivity (Wildman–Crippen MR) is 95.3 cm³/mol. The number of amides is 1. The smallest absolute Gasteiger partial charge is 0.260 e. The predicted octanol–water partition coefficient (Wildman–Crippen LogP) is 2.97. The Morgan fingerprint density at radius 1 is 1.37 bits per heavy atom. The lowest BCUT2D eigenvalue weighted by Gasteiger charge is -2.42. The van der Waals surface area contributed by atoms with Crippen molar-refractivity contribution in [1.82, 2.24) is 14.5 Å². The summed E-state index contributed by atoms with van der Waals surface area (Å²) >= 11 is 1.28. The number of nitrogens with zero attached hydrogens (tertiary/aromatic N) is 3. The molecule has 9 heteroatoms. The molecule has 0 radical (unpaired) electrons. The monoisotopic (exact) mass is 393 g/mol. The first-order chi connectivity index (χ1) is 12.7. The van der Waals surface area contributed by atoms with Crippen LogP contribution in [-0.2, 0) is 11.3 Å². The summed E-state index contributed by atoms with van der Waals surface area (Å²) in [5, 5.41) is 1.97. The molecule has 1 amide bonds. The molecule has 0 bridgehead atoms. The molecule has 4 rings (SSSR count). The van der Waals surface area contributed by atoms with Crippen LogP contribution in [0.2, 0.25) is 0 Å². The first kappa shape index (κ1) is 17.7. The molecule has 0 spiro atoms. The molecule has 1 fully saturated rings. The van der Waals surface area contributed by atoms with Crippen LogP contribution in [0.5, 0.6) is 0 Å². The van der Waals surface area contributed by atoms with Gasteiger partial charge in [-0.15, -0.1) is 11.3 Å². The molecule has 1 aliphatic heterocycles. The van der Waals surface area contributed by atoms with Gasteiger partial charge in [0.25, 0.3) is 5.56 Å². The molecule has 27 heavy (non-hydrogen) atoms. The van der Waals surface area contributed by atoms with Gasteiger partial charge in [0, 0.05) is 33.6 Å². The molecule has 1 saturated heterocycles. The molecule has 0 atom stereocenters. The quantitative estimate of drug-likeness (QED) is 0.643. The fourth-order valence-corrected chi connectivity index (χ4v) is 4.12. The van der Waals surface area contributed by atoms with E-state index in [2.05, 4.69) is 4.98 Å². The van der Waals surface area contributed by atoms with Crippen LogP contribution in [0.3, 0.4) is 0 Å². The number of aromatic nitrogens is 2. The van der Waals surface area contributed by atoms with E-state index in [9.17, 15) is 22.8 Å². The highest BCUT2D eigenvalue weighted by Gasteiger charge is 2.41. The average Bonchev–Trinajstić information content (AvgIpc) is 3.02. The van der Waals surface area contributed by atoms with Crippen LogP contribution < -0.4 is 5.56 Å². The van der Waals surface area contributed by atoms with Crippen molar-refractivity contribution in [3.05, 3.63) is 52.0 Å². The van der Waals surface area contributed by atoms with Crippen molar-refractivity contribution in [2.45, 2.75) is 19.1 Å². The molecule has 1 aliphatic rings. The van der Waals surface area contributed by atoms with Gasteiger partial charge in [-0.2, -0.15) is 4.39 Å². The zero-order chi connectivity index (χ0) is 19.3. The van der Waals surface area contributed by atoms with Gasteiger partial charge in [-0.05, 0) is 19.1 Å². The Labute approximate surface area is 155 Å². The largest absolute Gasteiger partial charge is 0.335 e. The number of carbonyl (C=O) groups excluding carboxylic acids is 1. The number of fused-ring (bicyclic) bond motifs is 1. The van der Waals surface area contributed by atoms with E-state index >= 15 is 0 Å². The maximum atomic E-state index is 13.6. The van der Waals surface area contributed by atoms with Crippen molar-refractivity contribution < 1.29 is 18.0 Å². The van der Waals surface area contributed by atoms with Crippen molar-refractivity contribution in [3.63, 3.8) is 0 Å². The number of likely N-dealkylation sites (tertiary alicyclic amines) is 1. The van der Waals surface area contributed by atoms with E-state index in [1.165, 1.54) is 33.9 Å². The highest BCUT2D eigenvalue weighted by atomic mass is 32.1. The van der Waals surface area contributed by atoms with Crippen molar-refractivity contribution in [2.24, 2.45) is 0 Å². The van der Waals surface area contributed by atoms with Crippen LogP contribution in [0.15, 0.2) is 34.7 Å². The lowest BCUT2D eigenvalue weighted by Crippen LogP contribution is -2.60. The number of alkyl halides is 1. The van der Waals surface area contributed by atoms with Gasteiger partial charge >= 0.3 is 0 Å². The molecule has 3 aromatic heterocycles. The van der Waals surface area contributed by atoms with Gasteiger partial charge in [-0.25, -0.2) is 13.8 Å².